The van der Waals surface area contributed by atoms with Crippen molar-refractivity contribution >= 4 is 0 Å². The third-order valence-electron chi connectivity index (χ3n) is 5.89. The van der Waals surface area contributed by atoms with E-state index >= 15 is 0 Å². The number of nitrogens with one attached hydrogen (secondary N) is 1. The van der Waals surface area contributed by atoms with Crippen LogP contribution in [0.1, 0.15) is 51.9 Å². The smallest absolute Gasteiger partial charge is 0.0613 e. The molecule has 0 bridgehead atoms. The molecule has 1 saturated heterocycles. The van der Waals surface area contributed by atoms with Gasteiger partial charge < -0.3 is 15.3 Å². The van der Waals surface area contributed by atoms with Crippen molar-refractivity contribution in [2.24, 2.45) is 0 Å². The fourth-order valence-corrected chi connectivity index (χ4v) is 4.01. The normalized spacial score (nSPS) is 25.3. The number of likely N-dealkylation sites (N-methyl/N-ethyl adjacent to an activating group) is 1. The Hall–Kier alpha value is -0.160. The third kappa shape index (κ3) is 4.65. The van der Waals surface area contributed by atoms with Crippen LogP contribution in [0.2, 0.25) is 0 Å². The Morgan fingerprint density at radius 3 is 2.33 bits per heavy atom. The summed E-state index contributed by atoms with van der Waals surface area (Å²) in [5.41, 5.74) is -0.0638. The summed E-state index contributed by atoms with van der Waals surface area (Å²) in [6.45, 7) is 8.57. The van der Waals surface area contributed by atoms with Crippen LogP contribution in [-0.2, 0) is 0 Å². The van der Waals surface area contributed by atoms with Gasteiger partial charge in [0.05, 0.1) is 6.61 Å². The monoisotopic (exact) mass is 297 g/mol. The average Bonchev–Trinajstić information content (AvgIpc) is 3.07. The molecular weight excluding hydrogens is 262 g/mol. The highest BCUT2D eigenvalue weighted by atomic mass is 16.3. The minimum absolute atomic E-state index is 0.0638. The zero-order valence-electron chi connectivity index (χ0n) is 14.1. The Bertz CT molecular complexity index is 271. The molecule has 1 heterocycles. The fourth-order valence-electron chi connectivity index (χ4n) is 4.01. The summed E-state index contributed by atoms with van der Waals surface area (Å²) in [5, 5.41) is 12.9. The van der Waals surface area contributed by atoms with Crippen molar-refractivity contribution < 1.29 is 5.11 Å². The van der Waals surface area contributed by atoms with Crippen LogP contribution in [0.15, 0.2) is 0 Å². The molecule has 0 aromatic rings. The second-order valence-corrected chi connectivity index (χ2v) is 6.96. The van der Waals surface area contributed by atoms with E-state index in [-0.39, 0.29) is 12.1 Å². The summed E-state index contributed by atoms with van der Waals surface area (Å²) in [4.78, 5) is 5.33. The van der Waals surface area contributed by atoms with Crippen LogP contribution >= 0.6 is 0 Å². The van der Waals surface area contributed by atoms with Gasteiger partial charge >= 0.3 is 0 Å². The maximum atomic E-state index is 9.59. The molecule has 1 aliphatic carbocycles. The standard InChI is InChI=1S/C17H35N3O/c1-3-17(15-21,18-2)9-6-10-19-11-13-20(14-12-19)16-7-4-5-8-16/h16,18,21H,3-15H2,1-2H3. The Balaban J connectivity index is 1.64. The number of aliphatic hydroxyl groups excluding tert-OH is 1. The number of hydrogen-bond donors (Lipinski definition) is 2. The van der Waals surface area contributed by atoms with E-state index in [1.807, 2.05) is 7.05 Å². The van der Waals surface area contributed by atoms with Crippen LogP contribution in [0.4, 0.5) is 0 Å². The molecule has 1 unspecified atom stereocenters. The quantitative estimate of drug-likeness (QED) is 0.715. The summed E-state index contributed by atoms with van der Waals surface area (Å²) in [7, 11) is 1.97. The minimum Gasteiger partial charge on any atom is -0.394 e. The number of aliphatic hydroxyl groups is 1. The van der Waals surface area contributed by atoms with Crippen molar-refractivity contribution in [2.45, 2.75) is 63.5 Å². The molecule has 2 rings (SSSR count). The Labute approximate surface area is 130 Å². The van der Waals surface area contributed by atoms with Crippen molar-refractivity contribution in [1.82, 2.24) is 15.1 Å². The van der Waals surface area contributed by atoms with Gasteiger partial charge in [-0.1, -0.05) is 19.8 Å². The summed E-state index contributed by atoms with van der Waals surface area (Å²) < 4.78 is 0. The summed E-state index contributed by atoms with van der Waals surface area (Å²) in [6, 6.07) is 0.888. The first-order valence-corrected chi connectivity index (χ1v) is 8.99. The first kappa shape index (κ1) is 17.2. The predicted octanol–water partition coefficient (Wildman–Crippen LogP) is 1.69. The molecule has 21 heavy (non-hydrogen) atoms. The molecule has 1 atom stereocenters. The Morgan fingerprint density at radius 1 is 1.14 bits per heavy atom. The molecule has 124 valence electrons. The van der Waals surface area contributed by atoms with Gasteiger partial charge in [-0.3, -0.25) is 4.90 Å². The van der Waals surface area contributed by atoms with E-state index in [4.69, 9.17) is 0 Å². The Morgan fingerprint density at radius 2 is 1.81 bits per heavy atom. The topological polar surface area (TPSA) is 38.7 Å². The van der Waals surface area contributed by atoms with Crippen LogP contribution in [-0.4, -0.2) is 72.9 Å². The van der Waals surface area contributed by atoms with Crippen molar-refractivity contribution in [2.75, 3.05) is 46.4 Å². The van der Waals surface area contributed by atoms with E-state index in [1.54, 1.807) is 0 Å². The molecule has 4 nitrogen and oxygen atoms in total. The predicted molar refractivity (Wildman–Crippen MR) is 88.7 cm³/mol. The molecule has 2 fully saturated rings. The van der Waals surface area contributed by atoms with Crippen LogP contribution in [0, 0.1) is 0 Å². The Kier molecular flexibility index (Phi) is 6.93. The lowest BCUT2D eigenvalue weighted by molar-refractivity contribution is 0.0912. The summed E-state index contributed by atoms with van der Waals surface area (Å²) in [5.74, 6) is 0. The van der Waals surface area contributed by atoms with Gasteiger partial charge in [-0.2, -0.15) is 0 Å². The summed E-state index contributed by atoms with van der Waals surface area (Å²) in [6.07, 6.45) is 8.98. The van der Waals surface area contributed by atoms with Crippen molar-refractivity contribution in [3.63, 3.8) is 0 Å². The van der Waals surface area contributed by atoms with Crippen molar-refractivity contribution in [3.05, 3.63) is 0 Å². The first-order chi connectivity index (χ1) is 10.2. The molecule has 1 aliphatic heterocycles. The fraction of sp³-hybridized carbons (Fsp3) is 1.00. The molecule has 0 spiro atoms. The van der Waals surface area contributed by atoms with E-state index < -0.39 is 0 Å². The lowest BCUT2D eigenvalue weighted by atomic mass is 9.91. The third-order valence-corrected chi connectivity index (χ3v) is 5.89. The molecule has 2 aliphatic rings. The molecule has 0 radical (unpaired) electrons. The molecule has 2 N–H and O–H groups in total. The number of piperazine rings is 1. The van der Waals surface area contributed by atoms with E-state index in [0.29, 0.717) is 0 Å². The van der Waals surface area contributed by atoms with Crippen molar-refractivity contribution in [3.8, 4) is 0 Å². The van der Waals surface area contributed by atoms with Crippen LogP contribution in [0.5, 0.6) is 0 Å². The van der Waals surface area contributed by atoms with Crippen LogP contribution < -0.4 is 5.32 Å². The van der Waals surface area contributed by atoms with Gasteiger partial charge in [0.15, 0.2) is 0 Å². The van der Waals surface area contributed by atoms with Gasteiger partial charge in [0.2, 0.25) is 0 Å². The van der Waals surface area contributed by atoms with Crippen LogP contribution in [0.3, 0.4) is 0 Å². The minimum atomic E-state index is -0.0638. The highest BCUT2D eigenvalue weighted by Crippen LogP contribution is 2.24. The molecule has 0 aromatic carbocycles. The number of hydrogen-bond acceptors (Lipinski definition) is 4. The average molecular weight is 297 g/mol. The maximum Gasteiger partial charge on any atom is 0.0613 e. The van der Waals surface area contributed by atoms with E-state index in [1.165, 1.54) is 64.8 Å². The van der Waals surface area contributed by atoms with Gasteiger partial charge in [0.1, 0.15) is 0 Å². The zero-order valence-corrected chi connectivity index (χ0v) is 14.1. The van der Waals surface area contributed by atoms with E-state index in [2.05, 4.69) is 22.0 Å². The maximum absolute atomic E-state index is 9.59. The van der Waals surface area contributed by atoms with Gasteiger partial charge in [0.25, 0.3) is 0 Å². The summed E-state index contributed by atoms with van der Waals surface area (Å²) >= 11 is 0. The molecular formula is C17H35N3O. The lowest BCUT2D eigenvalue weighted by Crippen LogP contribution is -2.50. The lowest BCUT2D eigenvalue weighted by Gasteiger charge is -2.38. The zero-order chi connectivity index (χ0) is 15.1. The molecule has 0 aromatic heterocycles. The number of rotatable bonds is 8. The van der Waals surface area contributed by atoms with Gasteiger partial charge in [-0.15, -0.1) is 0 Å². The van der Waals surface area contributed by atoms with E-state index in [9.17, 15) is 5.11 Å². The highest BCUT2D eigenvalue weighted by Gasteiger charge is 2.27. The highest BCUT2D eigenvalue weighted by molar-refractivity contribution is 4.86. The largest absolute Gasteiger partial charge is 0.394 e. The number of nitrogens with zero attached hydrogens (tertiary/aromatic N) is 2. The second kappa shape index (κ2) is 8.47. The second-order valence-electron chi connectivity index (χ2n) is 6.96. The van der Waals surface area contributed by atoms with Gasteiger partial charge in [-0.25, -0.2) is 0 Å². The molecule has 0 amide bonds. The SMILES string of the molecule is CCC(CO)(CCCN1CCN(C2CCCC2)CC1)NC. The van der Waals surface area contributed by atoms with Crippen LogP contribution in [0.25, 0.3) is 0 Å². The van der Waals surface area contributed by atoms with E-state index in [0.717, 1.165) is 18.9 Å². The van der Waals surface area contributed by atoms with Crippen molar-refractivity contribution in [1.29, 1.82) is 0 Å². The first-order valence-electron chi connectivity index (χ1n) is 8.99. The van der Waals surface area contributed by atoms with Gasteiger partial charge in [0, 0.05) is 37.8 Å². The molecule has 1 saturated carbocycles. The molecule has 4 heteroatoms. The van der Waals surface area contributed by atoms with Gasteiger partial charge in [-0.05, 0) is 45.7 Å².